The summed E-state index contributed by atoms with van der Waals surface area (Å²) in [6, 6.07) is 8.90. The van der Waals surface area contributed by atoms with Gasteiger partial charge in [-0.25, -0.2) is 9.97 Å². The highest BCUT2D eigenvalue weighted by Gasteiger charge is 2.25. The lowest BCUT2D eigenvalue weighted by Gasteiger charge is -2.26. The Bertz CT molecular complexity index is 665. The first kappa shape index (κ1) is 13.0. The van der Waals surface area contributed by atoms with E-state index in [9.17, 15) is 0 Å². The van der Waals surface area contributed by atoms with Crippen molar-refractivity contribution in [3.05, 3.63) is 58.7 Å². The molecule has 1 heterocycles. The van der Waals surface area contributed by atoms with Crippen LogP contribution in [-0.4, -0.2) is 9.97 Å². The van der Waals surface area contributed by atoms with Crippen LogP contribution in [0.25, 0.3) is 0 Å². The van der Waals surface area contributed by atoms with E-state index in [4.69, 9.17) is 10.7 Å². The summed E-state index contributed by atoms with van der Waals surface area (Å²) < 4.78 is 0. The summed E-state index contributed by atoms with van der Waals surface area (Å²) in [5, 5.41) is 0. The van der Waals surface area contributed by atoms with Gasteiger partial charge in [0.25, 0.3) is 0 Å². The Labute approximate surface area is 125 Å². The Morgan fingerprint density at radius 3 is 2.81 bits per heavy atom. The van der Waals surface area contributed by atoms with Crippen LogP contribution in [0.15, 0.2) is 30.5 Å². The summed E-state index contributed by atoms with van der Waals surface area (Å²) in [5.74, 6) is 1.49. The van der Waals surface area contributed by atoms with E-state index in [-0.39, 0.29) is 6.04 Å². The van der Waals surface area contributed by atoms with Crippen LogP contribution in [0.1, 0.15) is 59.4 Å². The number of nitrogens with zero attached hydrogens (tertiary/aromatic N) is 2. The predicted molar refractivity (Wildman–Crippen MR) is 83.1 cm³/mol. The number of fused-ring (bicyclic) bond motifs is 2. The lowest BCUT2D eigenvalue weighted by Crippen LogP contribution is -2.22. The van der Waals surface area contributed by atoms with E-state index < -0.39 is 0 Å². The Morgan fingerprint density at radius 2 is 1.90 bits per heavy atom. The summed E-state index contributed by atoms with van der Waals surface area (Å²) in [7, 11) is 0. The standard InChI is InChI=1S/C18H21N3/c19-16-6-3-7-17-15(16)11-20-18(21-17)14-9-8-12-4-1-2-5-13(12)10-14/h1-2,4-5,11,14,16H,3,6-10,19H2. The maximum atomic E-state index is 6.16. The highest BCUT2D eigenvalue weighted by molar-refractivity contribution is 5.32. The highest BCUT2D eigenvalue weighted by Crippen LogP contribution is 2.33. The minimum absolute atomic E-state index is 0.134. The Morgan fingerprint density at radius 1 is 1.05 bits per heavy atom. The zero-order chi connectivity index (χ0) is 14.2. The number of benzene rings is 1. The molecule has 0 aliphatic heterocycles. The summed E-state index contributed by atoms with van der Waals surface area (Å²) >= 11 is 0. The Kier molecular flexibility index (Phi) is 3.23. The second-order valence-corrected chi connectivity index (χ2v) is 6.34. The van der Waals surface area contributed by atoms with E-state index in [2.05, 4.69) is 29.2 Å². The van der Waals surface area contributed by atoms with Crippen molar-refractivity contribution >= 4 is 0 Å². The molecule has 3 heteroatoms. The molecule has 108 valence electrons. The molecular formula is C18H21N3. The zero-order valence-electron chi connectivity index (χ0n) is 12.3. The minimum Gasteiger partial charge on any atom is -0.324 e. The van der Waals surface area contributed by atoms with Gasteiger partial charge in [0.15, 0.2) is 0 Å². The largest absolute Gasteiger partial charge is 0.324 e. The van der Waals surface area contributed by atoms with Gasteiger partial charge in [0.1, 0.15) is 5.82 Å². The third kappa shape index (κ3) is 2.36. The number of hydrogen-bond donors (Lipinski definition) is 1. The summed E-state index contributed by atoms with van der Waals surface area (Å²) in [4.78, 5) is 9.52. The van der Waals surface area contributed by atoms with Gasteiger partial charge in [0.05, 0.1) is 0 Å². The molecule has 2 aromatic rings. The first-order chi connectivity index (χ1) is 10.3. The zero-order valence-corrected chi connectivity index (χ0v) is 12.3. The molecule has 3 nitrogen and oxygen atoms in total. The maximum Gasteiger partial charge on any atom is 0.131 e. The average molecular weight is 279 g/mol. The normalized spacial score (nSPS) is 24.2. The molecule has 4 rings (SSSR count). The molecule has 2 aliphatic rings. The molecule has 1 aromatic heterocycles. The molecule has 1 aromatic carbocycles. The average Bonchev–Trinajstić information content (AvgIpc) is 2.54. The fourth-order valence-electron chi connectivity index (χ4n) is 3.71. The predicted octanol–water partition coefficient (Wildman–Crippen LogP) is 3.09. The molecule has 2 N–H and O–H groups in total. The van der Waals surface area contributed by atoms with Crippen molar-refractivity contribution in [2.24, 2.45) is 5.73 Å². The van der Waals surface area contributed by atoms with E-state index in [0.29, 0.717) is 5.92 Å². The molecule has 2 aliphatic carbocycles. The minimum atomic E-state index is 0.134. The third-order valence-corrected chi connectivity index (χ3v) is 4.96. The van der Waals surface area contributed by atoms with Gasteiger partial charge in [-0.05, 0) is 49.7 Å². The van der Waals surface area contributed by atoms with E-state index in [1.54, 1.807) is 0 Å². The number of hydrogen-bond acceptors (Lipinski definition) is 3. The van der Waals surface area contributed by atoms with Crippen LogP contribution in [0.2, 0.25) is 0 Å². The van der Waals surface area contributed by atoms with Crippen molar-refractivity contribution in [1.82, 2.24) is 9.97 Å². The van der Waals surface area contributed by atoms with Crippen molar-refractivity contribution in [2.45, 2.75) is 50.5 Å². The molecular weight excluding hydrogens is 258 g/mol. The second kappa shape index (κ2) is 5.23. The van der Waals surface area contributed by atoms with Gasteiger partial charge in [-0.1, -0.05) is 24.3 Å². The summed E-state index contributed by atoms with van der Waals surface area (Å²) in [5.41, 5.74) is 11.5. The SMILES string of the molecule is NC1CCCc2nc(C3CCc4ccccc4C3)ncc21. The van der Waals surface area contributed by atoms with Crippen molar-refractivity contribution in [1.29, 1.82) is 0 Å². The number of aryl methyl sites for hydroxylation is 2. The summed E-state index contributed by atoms with van der Waals surface area (Å²) in [6.07, 6.45) is 8.62. The van der Waals surface area contributed by atoms with Gasteiger partial charge in [0.2, 0.25) is 0 Å². The first-order valence-electron chi connectivity index (χ1n) is 7.99. The first-order valence-corrected chi connectivity index (χ1v) is 7.99. The number of nitrogens with two attached hydrogens (primary N) is 1. The van der Waals surface area contributed by atoms with E-state index in [0.717, 1.165) is 44.3 Å². The molecule has 21 heavy (non-hydrogen) atoms. The summed E-state index contributed by atoms with van der Waals surface area (Å²) in [6.45, 7) is 0. The highest BCUT2D eigenvalue weighted by atomic mass is 14.9. The lowest BCUT2D eigenvalue weighted by molar-refractivity contribution is 0.524. The molecule has 0 radical (unpaired) electrons. The van der Waals surface area contributed by atoms with Crippen LogP contribution in [0.5, 0.6) is 0 Å². The quantitative estimate of drug-likeness (QED) is 0.872. The van der Waals surface area contributed by atoms with E-state index in [1.165, 1.54) is 22.4 Å². The van der Waals surface area contributed by atoms with Crippen LogP contribution in [0.4, 0.5) is 0 Å². The monoisotopic (exact) mass is 279 g/mol. The van der Waals surface area contributed by atoms with Crippen molar-refractivity contribution < 1.29 is 0 Å². The Hall–Kier alpha value is -1.74. The third-order valence-electron chi connectivity index (χ3n) is 4.96. The van der Waals surface area contributed by atoms with Crippen molar-refractivity contribution in [3.63, 3.8) is 0 Å². The van der Waals surface area contributed by atoms with E-state index in [1.807, 2.05) is 6.20 Å². The van der Waals surface area contributed by atoms with Gasteiger partial charge < -0.3 is 5.73 Å². The topological polar surface area (TPSA) is 51.8 Å². The Balaban J connectivity index is 1.63. The van der Waals surface area contributed by atoms with Crippen LogP contribution in [0, 0.1) is 0 Å². The molecule has 2 unspecified atom stereocenters. The maximum absolute atomic E-state index is 6.16. The van der Waals surface area contributed by atoms with Crippen molar-refractivity contribution in [2.75, 3.05) is 0 Å². The molecule has 0 fully saturated rings. The second-order valence-electron chi connectivity index (χ2n) is 6.34. The van der Waals surface area contributed by atoms with Crippen LogP contribution < -0.4 is 5.73 Å². The van der Waals surface area contributed by atoms with Gasteiger partial charge >= 0.3 is 0 Å². The number of aromatic nitrogens is 2. The number of rotatable bonds is 1. The lowest BCUT2D eigenvalue weighted by atomic mass is 9.83. The molecule has 0 amide bonds. The molecule has 0 bridgehead atoms. The van der Waals surface area contributed by atoms with Crippen LogP contribution in [0.3, 0.4) is 0 Å². The van der Waals surface area contributed by atoms with Crippen molar-refractivity contribution in [3.8, 4) is 0 Å². The van der Waals surface area contributed by atoms with E-state index >= 15 is 0 Å². The molecule has 0 saturated heterocycles. The van der Waals surface area contributed by atoms with Gasteiger partial charge in [-0.15, -0.1) is 0 Å². The van der Waals surface area contributed by atoms with Crippen LogP contribution in [-0.2, 0) is 19.3 Å². The fraction of sp³-hybridized carbons (Fsp3) is 0.444. The van der Waals surface area contributed by atoms with Gasteiger partial charge in [0, 0.05) is 29.4 Å². The molecule has 2 atom stereocenters. The van der Waals surface area contributed by atoms with Gasteiger partial charge in [-0.2, -0.15) is 0 Å². The van der Waals surface area contributed by atoms with Gasteiger partial charge in [-0.3, -0.25) is 0 Å². The molecule has 0 spiro atoms. The fourth-order valence-corrected chi connectivity index (χ4v) is 3.71. The van der Waals surface area contributed by atoms with Crippen LogP contribution >= 0.6 is 0 Å². The molecule has 0 saturated carbocycles. The smallest absolute Gasteiger partial charge is 0.131 e.